The zero-order chi connectivity index (χ0) is 8.27. The zero-order valence-electron chi connectivity index (χ0n) is 5.50. The lowest BCUT2D eigenvalue weighted by molar-refractivity contribution is 0.628. The van der Waals surface area contributed by atoms with Gasteiger partial charge < -0.3 is 30.2 Å². The Morgan fingerprint density at radius 2 is 1.91 bits per heavy atom. The van der Waals surface area contributed by atoms with Gasteiger partial charge in [-0.15, -0.1) is 0 Å². The third-order valence-corrected chi connectivity index (χ3v) is 1.29. The molecular weight excluding hydrogens is 181 g/mol. The third kappa shape index (κ3) is 2.78. The molecule has 0 aliphatic rings. The predicted molar refractivity (Wildman–Crippen MR) is 50.0 cm³/mol. The first kappa shape index (κ1) is 8.36. The number of halogens is 1. The Balaban J connectivity index is 2.74. The van der Waals surface area contributed by atoms with Gasteiger partial charge in [-0.3, -0.25) is 0 Å². The molecule has 1 rings (SSSR count). The molecule has 0 fully saturated rings. The summed E-state index contributed by atoms with van der Waals surface area (Å²) in [5.74, 6) is -0.272. The van der Waals surface area contributed by atoms with Gasteiger partial charge in [-0.05, 0) is 24.3 Å². The third-order valence-electron chi connectivity index (χ3n) is 1.09. The minimum atomic E-state index is -0.272. The van der Waals surface area contributed by atoms with Crippen LogP contribution in [0.4, 0.5) is 10.1 Å². The molecule has 1 N–H and O–H groups in total. The summed E-state index contributed by atoms with van der Waals surface area (Å²) < 4.78 is 12.6. The summed E-state index contributed by atoms with van der Waals surface area (Å²) in [4.78, 5) is 0. The van der Waals surface area contributed by atoms with E-state index >= 15 is 0 Å². The lowest BCUT2D eigenvalue weighted by Crippen LogP contribution is -2.03. The van der Waals surface area contributed by atoms with Crippen LogP contribution in [0.1, 0.15) is 0 Å². The molecule has 0 aliphatic heterocycles. The predicted octanol–water partition coefficient (Wildman–Crippen LogP) is 2.07. The smallest absolute Gasteiger partial charge is 0.123 e. The van der Waals surface area contributed by atoms with Crippen LogP contribution in [0.25, 0.3) is 0 Å². The van der Waals surface area contributed by atoms with E-state index in [1.165, 1.54) is 12.1 Å². The van der Waals surface area contributed by atoms with Crippen LogP contribution in [-0.2, 0) is 12.6 Å². The highest BCUT2D eigenvalue weighted by atomic mass is 32.1. The Kier molecular flexibility index (Phi) is 2.73. The van der Waals surface area contributed by atoms with Crippen molar-refractivity contribution < 1.29 is 4.39 Å². The fourth-order valence-electron chi connectivity index (χ4n) is 0.651. The van der Waals surface area contributed by atoms with Crippen LogP contribution in [0, 0.1) is 5.82 Å². The van der Waals surface area contributed by atoms with Crippen LogP contribution in [0.5, 0.6) is 0 Å². The van der Waals surface area contributed by atoms with Crippen LogP contribution < -0.4 is 5.32 Å². The van der Waals surface area contributed by atoms with Crippen molar-refractivity contribution in [3.8, 4) is 0 Å². The Hall–Kier alpha value is -0.740. The van der Waals surface area contributed by atoms with Gasteiger partial charge in [0.2, 0.25) is 0 Å². The maximum Gasteiger partial charge on any atom is 0.123 e. The first-order valence-electron chi connectivity index (χ1n) is 2.92. The van der Waals surface area contributed by atoms with E-state index in [1.807, 2.05) is 0 Å². The van der Waals surface area contributed by atoms with Crippen molar-refractivity contribution in [3.63, 3.8) is 0 Å². The Morgan fingerprint density at radius 1 is 1.36 bits per heavy atom. The van der Waals surface area contributed by atoms with Crippen LogP contribution in [0.15, 0.2) is 24.3 Å². The lowest BCUT2D eigenvalue weighted by Gasteiger charge is -2.08. The fraction of sp³-hybridized carbons (Fsp3) is 0. The largest absolute Gasteiger partial charge is 0.411 e. The molecule has 0 unspecified atom stereocenters. The molecule has 58 valence electrons. The molecule has 0 aliphatic carbocycles. The van der Waals surface area contributed by atoms with Crippen molar-refractivity contribution in [2.75, 3.05) is 5.32 Å². The van der Waals surface area contributed by atoms with E-state index < -0.39 is 0 Å². The lowest BCUT2D eigenvalue weighted by atomic mass is 10.3. The summed E-state index contributed by atoms with van der Waals surface area (Å²) in [6, 6.07) is 5.84. The van der Waals surface area contributed by atoms with Gasteiger partial charge in [0, 0.05) is 5.69 Å². The summed E-state index contributed by atoms with van der Waals surface area (Å²) in [6.07, 6.45) is 0. The van der Waals surface area contributed by atoms with Gasteiger partial charge in [0.15, 0.2) is 0 Å². The first-order chi connectivity index (χ1) is 5.18. The highest BCUT2D eigenvalue weighted by Gasteiger charge is 1.89. The fourth-order valence-corrected chi connectivity index (χ4v) is 0.887. The number of nitrogens with one attached hydrogen (secondary N) is 1. The molecule has 0 amide bonds. The zero-order valence-corrected chi connectivity index (χ0v) is 7.14. The molecule has 1 aromatic rings. The van der Waals surface area contributed by atoms with Crippen molar-refractivity contribution in [2.45, 2.75) is 0 Å². The minimum absolute atomic E-state index is 0.261. The van der Waals surface area contributed by atoms with Crippen molar-refractivity contribution in [2.24, 2.45) is 0 Å². The SMILES string of the molecule is Fc1ccc(NC(=S)[S-])cc1. The Bertz CT molecular complexity index is 258. The van der Waals surface area contributed by atoms with Crippen molar-refractivity contribution in [1.29, 1.82) is 0 Å². The van der Waals surface area contributed by atoms with E-state index in [0.29, 0.717) is 5.69 Å². The summed E-state index contributed by atoms with van der Waals surface area (Å²) in [5.41, 5.74) is 0.714. The van der Waals surface area contributed by atoms with Gasteiger partial charge in [-0.25, -0.2) is 4.39 Å². The van der Waals surface area contributed by atoms with Gasteiger partial charge >= 0.3 is 0 Å². The summed E-state index contributed by atoms with van der Waals surface area (Å²) >= 11 is 9.24. The second kappa shape index (κ2) is 3.59. The highest BCUT2D eigenvalue weighted by Crippen LogP contribution is 2.07. The van der Waals surface area contributed by atoms with Gasteiger partial charge in [-0.1, -0.05) is 4.32 Å². The molecule has 1 nitrogen and oxygen atoms in total. The minimum Gasteiger partial charge on any atom is -0.411 e. The van der Waals surface area contributed by atoms with E-state index in [2.05, 4.69) is 30.2 Å². The number of hydrogen-bond acceptors (Lipinski definition) is 2. The molecule has 0 atom stereocenters. The average Bonchev–Trinajstić information content (AvgIpc) is 1.93. The van der Waals surface area contributed by atoms with Gasteiger partial charge in [0.05, 0.1) is 0 Å². The number of rotatable bonds is 1. The van der Waals surface area contributed by atoms with Gasteiger partial charge in [-0.2, -0.15) is 0 Å². The Labute approximate surface area is 75.0 Å². The molecule has 0 saturated heterocycles. The van der Waals surface area contributed by atoms with Crippen molar-refractivity contribution >= 4 is 34.9 Å². The second-order valence-electron chi connectivity index (χ2n) is 1.92. The summed E-state index contributed by atoms with van der Waals surface area (Å²) in [6.45, 7) is 0. The summed E-state index contributed by atoms with van der Waals surface area (Å²) in [7, 11) is 0. The van der Waals surface area contributed by atoms with E-state index in [4.69, 9.17) is 0 Å². The Morgan fingerprint density at radius 3 is 2.36 bits per heavy atom. The molecular formula is C7H5FNS2-. The standard InChI is InChI=1S/C7H6FNS2/c8-5-1-3-6(4-2-5)9-7(10)11/h1-4H,(H2,9,10,11)/p-1. The molecule has 4 heteroatoms. The topological polar surface area (TPSA) is 12.0 Å². The number of thiocarbonyl (C=S) groups is 1. The molecule has 0 radical (unpaired) electrons. The van der Waals surface area contributed by atoms with Crippen molar-refractivity contribution in [1.82, 2.24) is 0 Å². The molecule has 0 saturated carbocycles. The van der Waals surface area contributed by atoms with Crippen LogP contribution >= 0.6 is 12.2 Å². The van der Waals surface area contributed by atoms with Crippen LogP contribution in [0.2, 0.25) is 0 Å². The molecule has 1 aromatic carbocycles. The first-order valence-corrected chi connectivity index (χ1v) is 3.74. The van der Waals surface area contributed by atoms with Crippen LogP contribution in [-0.4, -0.2) is 4.32 Å². The molecule has 11 heavy (non-hydrogen) atoms. The number of anilines is 1. The second-order valence-corrected chi connectivity index (χ2v) is 2.99. The maximum absolute atomic E-state index is 12.3. The van der Waals surface area contributed by atoms with E-state index in [1.54, 1.807) is 12.1 Å². The van der Waals surface area contributed by atoms with E-state index in [9.17, 15) is 4.39 Å². The highest BCUT2D eigenvalue weighted by molar-refractivity contribution is 8.00. The van der Waals surface area contributed by atoms with E-state index in [-0.39, 0.29) is 10.1 Å². The average molecular weight is 186 g/mol. The summed E-state index contributed by atoms with van der Waals surface area (Å²) in [5, 5.41) is 2.71. The number of benzene rings is 1. The number of hydrogen-bond donors (Lipinski definition) is 1. The van der Waals surface area contributed by atoms with Gasteiger partial charge in [0.1, 0.15) is 5.82 Å². The molecule has 0 aromatic heterocycles. The van der Waals surface area contributed by atoms with E-state index in [0.717, 1.165) is 0 Å². The normalized spacial score (nSPS) is 9.18. The van der Waals surface area contributed by atoms with Crippen molar-refractivity contribution in [3.05, 3.63) is 30.1 Å². The molecule has 0 heterocycles. The monoisotopic (exact) mass is 186 g/mol. The maximum atomic E-state index is 12.3. The van der Waals surface area contributed by atoms with Crippen LogP contribution in [0.3, 0.4) is 0 Å². The molecule has 0 spiro atoms. The van der Waals surface area contributed by atoms with Gasteiger partial charge in [0.25, 0.3) is 0 Å². The molecule has 0 bridgehead atoms. The quantitative estimate of drug-likeness (QED) is 0.532.